The Kier molecular flexibility index (Phi) is 6.22. The lowest BCUT2D eigenvalue weighted by Gasteiger charge is -2.19. The molecule has 2 aliphatic heterocycles. The molecule has 4 heteroatoms. The molecule has 4 aromatic heterocycles. The maximum Gasteiger partial charge on any atom is 0.417 e. The summed E-state index contributed by atoms with van der Waals surface area (Å²) in [6, 6.07) is 38.0. The molecule has 8 aromatic rings. The minimum absolute atomic E-state index is 0.634. The van der Waals surface area contributed by atoms with E-state index in [1.165, 1.54) is 72.5 Å². The molecule has 4 aromatic carbocycles. The molecule has 1 atom stereocenters. The van der Waals surface area contributed by atoms with E-state index in [0.29, 0.717) is 5.71 Å². The number of hydrogen-bond acceptors (Lipinski definition) is 2. The van der Waals surface area contributed by atoms with Crippen LogP contribution in [0.5, 0.6) is 0 Å². The third kappa shape index (κ3) is 4.11. The molecule has 2 aliphatic rings. The van der Waals surface area contributed by atoms with Crippen molar-refractivity contribution in [1.82, 2.24) is 4.98 Å². The van der Waals surface area contributed by atoms with Gasteiger partial charge in [-0.15, -0.1) is 9.13 Å². The summed E-state index contributed by atoms with van der Waals surface area (Å²) < 4.78 is 12.0. The Morgan fingerprint density at radius 2 is 1.29 bits per heavy atom. The maximum atomic E-state index is 6.96. The highest BCUT2D eigenvalue weighted by Gasteiger charge is 2.67. The fraction of sp³-hybridized carbons (Fsp3) is 0.170. The van der Waals surface area contributed by atoms with Crippen LogP contribution in [0.2, 0.25) is 0 Å². The third-order valence-corrected chi connectivity index (χ3v) is 11.5. The highest BCUT2D eigenvalue weighted by Crippen LogP contribution is 2.51. The van der Waals surface area contributed by atoms with E-state index in [9.17, 15) is 0 Å². The Labute approximate surface area is 298 Å². The zero-order valence-corrected chi connectivity index (χ0v) is 29.9. The number of furan rings is 1. The normalized spacial score (nSPS) is 15.4. The van der Waals surface area contributed by atoms with E-state index in [0.717, 1.165) is 39.7 Å². The molecule has 0 bridgehead atoms. The molecule has 0 saturated heterocycles. The molecule has 0 fully saturated rings. The van der Waals surface area contributed by atoms with Gasteiger partial charge in [0.25, 0.3) is 0 Å². The topological polar surface area (TPSA) is 33.8 Å². The van der Waals surface area contributed by atoms with Crippen LogP contribution < -0.4 is 9.13 Å². The largest absolute Gasteiger partial charge is 0.437 e. The molecular formula is C47H39N3O+2. The number of pyridine rings is 3. The van der Waals surface area contributed by atoms with Crippen molar-refractivity contribution in [2.45, 2.75) is 53.6 Å². The van der Waals surface area contributed by atoms with Crippen LogP contribution in [-0.2, 0) is 12.1 Å². The average molecular weight is 662 g/mol. The van der Waals surface area contributed by atoms with E-state index in [-0.39, 0.29) is 0 Å². The quantitative estimate of drug-likeness (QED) is 0.177. The summed E-state index contributed by atoms with van der Waals surface area (Å²) in [5.41, 5.74) is 20.5. The number of aryl methyl sites for hydroxylation is 6. The molecule has 51 heavy (non-hydrogen) atoms. The van der Waals surface area contributed by atoms with Gasteiger partial charge in [-0.3, -0.25) is 0 Å². The average Bonchev–Trinajstić information content (AvgIpc) is 3.71. The summed E-state index contributed by atoms with van der Waals surface area (Å²) >= 11 is 0. The van der Waals surface area contributed by atoms with Gasteiger partial charge in [-0.2, -0.15) is 0 Å². The van der Waals surface area contributed by atoms with Crippen molar-refractivity contribution >= 4 is 22.1 Å². The standard InChI is InChI=1S/C47H39N3O/c1-27-12-15-35(30(4)20-27)39-24-43-44-40(19-18-36-37-17-14-34(48-46(37)51-45(36)44)23-33-10-8-7-9-11-33)47(50(43)26-32(39)6)41-21-28(2)13-16-38(41)42-22-29(3)31(5)25-49(42)47/h7-22,24-26H,23H2,1-6H3/q+2. The first-order valence-corrected chi connectivity index (χ1v) is 17.9. The van der Waals surface area contributed by atoms with Crippen LogP contribution in [0.15, 0.2) is 120 Å². The van der Waals surface area contributed by atoms with Gasteiger partial charge in [-0.1, -0.05) is 65.7 Å². The summed E-state index contributed by atoms with van der Waals surface area (Å²) in [7, 11) is 0. The van der Waals surface area contributed by atoms with Crippen molar-refractivity contribution < 1.29 is 13.6 Å². The van der Waals surface area contributed by atoms with Crippen molar-refractivity contribution in [2.24, 2.45) is 0 Å². The molecule has 0 amide bonds. The van der Waals surface area contributed by atoms with Gasteiger partial charge in [0, 0.05) is 46.1 Å². The fourth-order valence-corrected chi connectivity index (χ4v) is 8.91. The molecule has 1 unspecified atom stereocenters. The van der Waals surface area contributed by atoms with E-state index < -0.39 is 5.66 Å². The molecular weight excluding hydrogens is 623 g/mol. The third-order valence-electron chi connectivity index (χ3n) is 11.5. The SMILES string of the molecule is Cc1ccc(-c2cc3[n+](cc2C)C2(c4cc(C)ccc4-c4cc(C)c(C)c[n+]42)c2ccc4c(oc5nc(Cc6ccccc6)ccc54)c2-3)c(C)c1. The summed E-state index contributed by atoms with van der Waals surface area (Å²) in [4.78, 5) is 5.10. The van der Waals surface area contributed by atoms with E-state index in [1.54, 1.807) is 0 Å². The molecule has 10 rings (SSSR count). The van der Waals surface area contributed by atoms with Crippen molar-refractivity contribution in [1.29, 1.82) is 0 Å². The smallest absolute Gasteiger partial charge is 0.417 e. The number of hydrogen-bond donors (Lipinski definition) is 0. The first kappa shape index (κ1) is 30.0. The fourth-order valence-electron chi connectivity index (χ4n) is 8.91. The van der Waals surface area contributed by atoms with Crippen molar-refractivity contribution in [2.75, 3.05) is 0 Å². The van der Waals surface area contributed by atoms with Gasteiger partial charge in [0.15, 0.2) is 18.0 Å². The predicted molar refractivity (Wildman–Crippen MR) is 204 cm³/mol. The van der Waals surface area contributed by atoms with E-state index in [1.807, 2.05) is 0 Å². The van der Waals surface area contributed by atoms with Gasteiger partial charge < -0.3 is 4.42 Å². The van der Waals surface area contributed by atoms with Crippen LogP contribution in [0, 0.1) is 41.5 Å². The highest BCUT2D eigenvalue weighted by atomic mass is 16.3. The molecule has 4 nitrogen and oxygen atoms in total. The summed E-state index contributed by atoms with van der Waals surface area (Å²) in [6.07, 6.45) is 5.51. The summed E-state index contributed by atoms with van der Waals surface area (Å²) in [5, 5.41) is 2.13. The molecule has 0 saturated carbocycles. The van der Waals surface area contributed by atoms with Crippen LogP contribution in [0.25, 0.3) is 55.7 Å². The zero-order chi connectivity index (χ0) is 34.8. The molecule has 6 heterocycles. The molecule has 246 valence electrons. The minimum Gasteiger partial charge on any atom is -0.437 e. The van der Waals surface area contributed by atoms with Crippen molar-refractivity contribution in [3.63, 3.8) is 0 Å². The summed E-state index contributed by atoms with van der Waals surface area (Å²) in [6.45, 7) is 13.3. The van der Waals surface area contributed by atoms with Crippen LogP contribution in [0.4, 0.5) is 0 Å². The number of benzene rings is 4. The van der Waals surface area contributed by atoms with Crippen LogP contribution in [-0.4, -0.2) is 4.98 Å². The number of aromatic nitrogens is 3. The second-order valence-corrected chi connectivity index (χ2v) is 14.8. The van der Waals surface area contributed by atoms with Crippen LogP contribution in [0.3, 0.4) is 0 Å². The predicted octanol–water partition coefficient (Wildman–Crippen LogP) is 9.92. The Bertz CT molecular complexity index is 2790. The number of rotatable bonds is 3. The Hall–Kier alpha value is -5.87. The highest BCUT2D eigenvalue weighted by molar-refractivity contribution is 6.09. The van der Waals surface area contributed by atoms with Gasteiger partial charge in [0.2, 0.25) is 17.1 Å². The van der Waals surface area contributed by atoms with Gasteiger partial charge in [-0.25, -0.2) is 4.98 Å². The molecule has 1 spiro atoms. The Morgan fingerprint density at radius 1 is 0.569 bits per heavy atom. The van der Waals surface area contributed by atoms with E-state index >= 15 is 0 Å². The van der Waals surface area contributed by atoms with Crippen molar-refractivity contribution in [3.05, 3.63) is 171 Å². The lowest BCUT2D eigenvalue weighted by molar-refractivity contribution is -0.955. The van der Waals surface area contributed by atoms with Gasteiger partial charge >= 0.3 is 5.66 Å². The maximum absolute atomic E-state index is 6.96. The number of nitrogens with zero attached hydrogens (tertiary/aromatic N) is 3. The Balaban J connectivity index is 1.32. The molecule has 0 aliphatic carbocycles. The second kappa shape index (κ2) is 10.6. The van der Waals surface area contributed by atoms with Gasteiger partial charge in [0.1, 0.15) is 16.7 Å². The number of fused-ring (bicyclic) bond motifs is 14. The zero-order valence-electron chi connectivity index (χ0n) is 29.9. The van der Waals surface area contributed by atoms with Crippen LogP contribution in [0.1, 0.15) is 55.8 Å². The lowest BCUT2D eigenvalue weighted by Crippen LogP contribution is -2.71. The van der Waals surface area contributed by atoms with Gasteiger partial charge in [-0.05, 0) is 106 Å². The minimum atomic E-state index is -0.634. The monoisotopic (exact) mass is 661 g/mol. The second-order valence-electron chi connectivity index (χ2n) is 14.8. The lowest BCUT2D eigenvalue weighted by atomic mass is 9.88. The van der Waals surface area contributed by atoms with E-state index in [4.69, 9.17) is 9.40 Å². The van der Waals surface area contributed by atoms with E-state index in [2.05, 4.69) is 166 Å². The first-order valence-electron chi connectivity index (χ1n) is 17.9. The first-order chi connectivity index (χ1) is 24.7. The molecule has 0 N–H and O–H groups in total. The van der Waals surface area contributed by atoms with Crippen molar-refractivity contribution in [3.8, 4) is 33.6 Å². The van der Waals surface area contributed by atoms with Gasteiger partial charge in [0.05, 0.1) is 5.56 Å². The Morgan fingerprint density at radius 3 is 2.10 bits per heavy atom. The molecule has 0 radical (unpaired) electrons. The summed E-state index contributed by atoms with van der Waals surface area (Å²) in [5.74, 6) is 0. The van der Waals surface area contributed by atoms with Crippen LogP contribution >= 0.6 is 0 Å².